The van der Waals surface area contributed by atoms with E-state index < -0.39 is 5.92 Å². The molecule has 0 radical (unpaired) electrons. The van der Waals surface area contributed by atoms with E-state index in [-0.39, 0.29) is 48.5 Å². The van der Waals surface area contributed by atoms with Gasteiger partial charge >= 0.3 is 0 Å². The van der Waals surface area contributed by atoms with Gasteiger partial charge in [0.15, 0.2) is 46.1 Å². The number of ketones is 4. The highest BCUT2D eigenvalue weighted by Gasteiger charge is 2.30. The molecule has 2 aliphatic rings. The maximum Gasteiger partial charge on any atom is 0.185 e. The van der Waals surface area contributed by atoms with Gasteiger partial charge in [-0.25, -0.2) is 9.97 Å². The Bertz CT molecular complexity index is 3420. The Morgan fingerprint density at radius 2 is 1.18 bits per heavy atom. The van der Waals surface area contributed by atoms with Crippen molar-refractivity contribution < 1.29 is 42.9 Å². The van der Waals surface area contributed by atoms with Crippen molar-refractivity contribution in [1.82, 2.24) is 25.5 Å². The quantitative estimate of drug-likeness (QED) is 0.0692. The SMILES string of the molecule is COc1cc(C(=O)CCC(=O)c2cccc(-c3csc4c(C)cccc34)n2)ccc1OC1CNC1.COc1ccc(C(=O)CC(CN2CCNCC2)C(=O)c2ccc(OC)c(-c3csc4c(C)cccc34)n2)cc1OC. The largest absolute Gasteiger partial charge is 0.494 e. The van der Waals surface area contributed by atoms with Gasteiger partial charge in [-0.05, 0) is 85.6 Å². The fourth-order valence-electron chi connectivity index (χ4n) is 9.44. The summed E-state index contributed by atoms with van der Waals surface area (Å²) >= 11 is 3.33. The van der Waals surface area contributed by atoms with Crippen molar-refractivity contribution in [2.45, 2.75) is 39.2 Å². The monoisotopic (exact) mass is 1060 g/mol. The van der Waals surface area contributed by atoms with Crippen LogP contribution in [-0.4, -0.2) is 118 Å². The number of piperazine rings is 1. The summed E-state index contributed by atoms with van der Waals surface area (Å²) in [6.07, 6.45) is 0.360. The highest BCUT2D eigenvalue weighted by atomic mass is 32.1. The fourth-order valence-corrected chi connectivity index (χ4v) is 11.5. The molecule has 4 aromatic carbocycles. The van der Waals surface area contributed by atoms with Crippen LogP contribution in [0.25, 0.3) is 42.7 Å². The smallest absolute Gasteiger partial charge is 0.185 e. The average molecular weight is 1060 g/mol. The lowest BCUT2D eigenvalue weighted by Crippen LogP contribution is -2.50. The first-order chi connectivity index (χ1) is 37.0. The minimum absolute atomic E-state index is 0.0574. The lowest BCUT2D eigenvalue weighted by Gasteiger charge is -2.30. The number of rotatable bonds is 20. The molecule has 0 saturated carbocycles. The molecule has 0 aliphatic carbocycles. The molecule has 2 saturated heterocycles. The number of nitrogens with one attached hydrogen (secondary N) is 2. The van der Waals surface area contributed by atoms with Crippen LogP contribution in [0.1, 0.15) is 72.1 Å². The van der Waals surface area contributed by atoms with E-state index in [0.29, 0.717) is 63.5 Å². The third kappa shape index (κ3) is 12.0. The number of fused-ring (bicyclic) bond motifs is 2. The molecule has 4 aromatic heterocycles. The topological polar surface area (TPSA) is 168 Å². The molecule has 1 atom stereocenters. The van der Waals surface area contributed by atoms with Crippen molar-refractivity contribution in [2.75, 3.05) is 74.3 Å². The van der Waals surface area contributed by atoms with Crippen molar-refractivity contribution in [3.8, 4) is 51.3 Å². The molecule has 2 aliphatic heterocycles. The van der Waals surface area contributed by atoms with E-state index in [1.807, 2.05) is 24.3 Å². The molecule has 0 amide bonds. The molecule has 8 aromatic rings. The average Bonchev–Trinajstić information content (AvgIpc) is 4.10. The Morgan fingerprint density at radius 1 is 0.605 bits per heavy atom. The van der Waals surface area contributed by atoms with Crippen LogP contribution in [0.5, 0.6) is 28.7 Å². The van der Waals surface area contributed by atoms with Crippen LogP contribution in [0.2, 0.25) is 0 Å². The van der Waals surface area contributed by atoms with Crippen molar-refractivity contribution in [3.05, 3.63) is 148 Å². The van der Waals surface area contributed by atoms with Gasteiger partial charge in [-0.1, -0.05) is 42.5 Å². The third-order valence-electron chi connectivity index (χ3n) is 13.8. The maximum absolute atomic E-state index is 14.1. The van der Waals surface area contributed by atoms with E-state index in [2.05, 4.69) is 69.4 Å². The van der Waals surface area contributed by atoms with Gasteiger partial charge in [0, 0.05) is 124 Å². The van der Waals surface area contributed by atoms with Gasteiger partial charge in [-0.15, -0.1) is 22.7 Å². The van der Waals surface area contributed by atoms with Crippen LogP contribution in [0, 0.1) is 19.8 Å². The number of ether oxygens (including phenoxy) is 5. The summed E-state index contributed by atoms with van der Waals surface area (Å²) in [5, 5.41) is 12.9. The summed E-state index contributed by atoms with van der Waals surface area (Å²) < 4.78 is 30.1. The molecule has 0 bridgehead atoms. The lowest BCUT2D eigenvalue weighted by molar-refractivity contribution is 0.0801. The Balaban J connectivity index is 0.000000188. The molecule has 2 N–H and O–H groups in total. The lowest BCUT2D eigenvalue weighted by atomic mass is 9.91. The Kier molecular flexibility index (Phi) is 17.3. The molecule has 6 heterocycles. The molecule has 0 spiro atoms. The van der Waals surface area contributed by atoms with E-state index in [0.717, 1.165) is 66.9 Å². The molecule has 16 heteroatoms. The predicted octanol–water partition coefficient (Wildman–Crippen LogP) is 10.8. The minimum atomic E-state index is -0.566. The summed E-state index contributed by atoms with van der Waals surface area (Å²) in [6, 6.07) is 31.6. The zero-order chi connectivity index (χ0) is 53.3. The van der Waals surface area contributed by atoms with Gasteiger partial charge in [0.2, 0.25) is 0 Å². The van der Waals surface area contributed by atoms with Crippen LogP contribution in [0.4, 0.5) is 0 Å². The van der Waals surface area contributed by atoms with Crippen molar-refractivity contribution in [2.24, 2.45) is 5.92 Å². The molecule has 14 nitrogen and oxygen atoms in total. The van der Waals surface area contributed by atoms with Gasteiger partial charge in [0.05, 0.1) is 34.1 Å². The Morgan fingerprint density at radius 3 is 1.83 bits per heavy atom. The van der Waals surface area contributed by atoms with Gasteiger partial charge in [0.1, 0.15) is 28.9 Å². The highest BCUT2D eigenvalue weighted by molar-refractivity contribution is 7.18. The number of aromatic nitrogens is 2. The van der Waals surface area contributed by atoms with E-state index in [9.17, 15) is 19.2 Å². The first-order valence-electron chi connectivity index (χ1n) is 25.3. The van der Waals surface area contributed by atoms with Crippen molar-refractivity contribution in [1.29, 1.82) is 0 Å². The minimum Gasteiger partial charge on any atom is -0.494 e. The summed E-state index contributed by atoms with van der Waals surface area (Å²) in [6.45, 7) is 9.57. The van der Waals surface area contributed by atoms with Crippen LogP contribution < -0.4 is 34.3 Å². The van der Waals surface area contributed by atoms with Crippen LogP contribution >= 0.6 is 22.7 Å². The number of aryl methyl sites for hydroxylation is 2. The second kappa shape index (κ2) is 24.6. The number of thiophene rings is 2. The third-order valence-corrected chi connectivity index (χ3v) is 16.1. The maximum atomic E-state index is 14.1. The van der Waals surface area contributed by atoms with E-state index in [1.54, 1.807) is 98.6 Å². The van der Waals surface area contributed by atoms with Crippen LogP contribution in [-0.2, 0) is 0 Å². The zero-order valence-electron chi connectivity index (χ0n) is 43.5. The standard InChI is InChI=1S/C32H35N3O5S.C28H26N2O4S/c1-20-6-5-7-23-24(19-41-32(20)23)30-28(39-3)11-9-25(34-30)31(37)22(18-35-14-12-33-13-15-35)16-26(36)21-8-10-27(38-2)29(17-21)40-4;1-17-5-3-6-20-21(16-35-28(17)20)22-7-4-8-23(30-22)25(32)11-10-24(31)18-9-12-26(27(13-18)33-2)34-19-14-29-15-19/h5-11,17,19,22,33H,12-16,18H2,1-4H3;3-9,12-13,16,19,29H,10-11,14-15H2,1-2H3. The number of pyridine rings is 2. The number of carbonyl (C=O) groups excluding carboxylic acids is 4. The van der Waals surface area contributed by atoms with Gasteiger partial charge in [-0.3, -0.25) is 19.2 Å². The van der Waals surface area contributed by atoms with Gasteiger partial charge in [0.25, 0.3) is 0 Å². The van der Waals surface area contributed by atoms with E-state index in [1.165, 1.54) is 27.6 Å². The molecular weight excluding hydrogens is 999 g/mol. The fraction of sp³-hybridized carbons (Fsp3) is 0.300. The molecule has 1 unspecified atom stereocenters. The van der Waals surface area contributed by atoms with E-state index >= 15 is 0 Å². The second-order valence-corrected chi connectivity index (χ2v) is 20.5. The predicted molar refractivity (Wildman–Crippen MR) is 300 cm³/mol. The molecular formula is C60H61N5O9S2. The second-order valence-electron chi connectivity index (χ2n) is 18.8. The Labute approximate surface area is 450 Å². The summed E-state index contributed by atoms with van der Waals surface area (Å²) in [4.78, 5) is 65.1. The summed E-state index contributed by atoms with van der Waals surface area (Å²) in [5.74, 6) is 1.62. The number of methoxy groups -OCH3 is 4. The molecule has 2 fully saturated rings. The normalized spacial score (nSPS) is 14.0. The molecule has 392 valence electrons. The number of hydrogen-bond donors (Lipinski definition) is 2. The number of carbonyl (C=O) groups is 4. The number of nitrogens with zero attached hydrogens (tertiary/aromatic N) is 3. The number of benzene rings is 4. The first kappa shape index (κ1) is 53.5. The van der Waals surface area contributed by atoms with Crippen molar-refractivity contribution in [3.63, 3.8) is 0 Å². The number of Topliss-reactive ketones (excluding diaryl/α,β-unsaturated/α-hetero) is 4. The van der Waals surface area contributed by atoms with Gasteiger partial charge < -0.3 is 39.2 Å². The first-order valence-corrected chi connectivity index (χ1v) is 27.0. The summed E-state index contributed by atoms with van der Waals surface area (Å²) in [5.41, 5.74) is 7.43. The number of hydrogen-bond acceptors (Lipinski definition) is 16. The summed E-state index contributed by atoms with van der Waals surface area (Å²) in [7, 11) is 6.25. The van der Waals surface area contributed by atoms with E-state index in [4.69, 9.17) is 28.7 Å². The molecule has 76 heavy (non-hydrogen) atoms. The Hall–Kier alpha value is -7.34. The van der Waals surface area contributed by atoms with Crippen LogP contribution in [0.3, 0.4) is 0 Å². The van der Waals surface area contributed by atoms with Crippen LogP contribution in [0.15, 0.2) is 114 Å². The zero-order valence-corrected chi connectivity index (χ0v) is 45.2. The van der Waals surface area contributed by atoms with Gasteiger partial charge in [-0.2, -0.15) is 0 Å². The molecule has 10 rings (SSSR count). The highest BCUT2D eigenvalue weighted by Crippen LogP contribution is 2.40. The van der Waals surface area contributed by atoms with Crippen molar-refractivity contribution >= 4 is 66.0 Å².